The lowest BCUT2D eigenvalue weighted by molar-refractivity contribution is -0.384. The summed E-state index contributed by atoms with van der Waals surface area (Å²) in [6.45, 7) is 0.305. The number of rotatable bonds is 4. The van der Waals surface area contributed by atoms with Crippen LogP contribution in [-0.2, 0) is 0 Å². The maximum atomic E-state index is 11.4. The van der Waals surface area contributed by atoms with Crippen molar-refractivity contribution in [3.05, 3.63) is 40.6 Å². The number of ether oxygens (including phenoxy) is 1. The Morgan fingerprint density at radius 1 is 1.33 bits per heavy atom. The molecule has 1 aliphatic carbocycles. The molecule has 1 aromatic heterocycles. The molecule has 0 unspecified atom stereocenters. The van der Waals surface area contributed by atoms with Gasteiger partial charge in [0.1, 0.15) is 6.61 Å². The van der Waals surface area contributed by atoms with Gasteiger partial charge in [-0.2, -0.15) is 0 Å². The molecule has 1 saturated carbocycles. The monoisotopic (exact) mass is 287 g/mol. The van der Waals surface area contributed by atoms with E-state index in [1.54, 1.807) is 30.5 Å². The molecule has 1 aliphatic rings. The van der Waals surface area contributed by atoms with E-state index in [0.29, 0.717) is 17.5 Å². The summed E-state index contributed by atoms with van der Waals surface area (Å²) < 4.78 is 5.70. The quantitative estimate of drug-likeness (QED) is 0.689. The summed E-state index contributed by atoms with van der Waals surface area (Å²) in [7, 11) is 0. The molecule has 6 heteroatoms. The summed E-state index contributed by atoms with van der Waals surface area (Å²) in [6, 6.07) is 6.70. The number of pyridine rings is 1. The standard InChI is InChI=1S/C15H17N3O3/c16-15(7-1-2-8-15)10-21-13-6-5-12-11(4-3-9-17-12)14(13)18(19)20/h3-6,9H,1-2,7-8,10,16H2. The van der Waals surface area contributed by atoms with Crippen molar-refractivity contribution in [1.82, 2.24) is 4.98 Å². The average Bonchev–Trinajstić information content (AvgIpc) is 2.91. The Balaban J connectivity index is 1.94. The van der Waals surface area contributed by atoms with E-state index in [1.807, 2.05) is 0 Å². The van der Waals surface area contributed by atoms with Crippen molar-refractivity contribution in [2.75, 3.05) is 6.61 Å². The molecule has 0 radical (unpaired) electrons. The van der Waals surface area contributed by atoms with Gasteiger partial charge < -0.3 is 10.5 Å². The van der Waals surface area contributed by atoms with Crippen LogP contribution < -0.4 is 10.5 Å². The second kappa shape index (κ2) is 5.29. The SMILES string of the molecule is NC1(COc2ccc3ncccc3c2[N+](=O)[O-])CCCC1. The number of fused-ring (bicyclic) bond motifs is 1. The number of aromatic nitrogens is 1. The van der Waals surface area contributed by atoms with Gasteiger partial charge in [-0.1, -0.05) is 12.8 Å². The number of nitrogens with two attached hydrogens (primary N) is 1. The third-order valence-electron chi connectivity index (χ3n) is 4.02. The van der Waals surface area contributed by atoms with E-state index in [9.17, 15) is 10.1 Å². The first kappa shape index (κ1) is 13.8. The molecular formula is C15H17N3O3. The van der Waals surface area contributed by atoms with Gasteiger partial charge in [0.25, 0.3) is 0 Å². The van der Waals surface area contributed by atoms with Gasteiger partial charge in [-0.05, 0) is 37.1 Å². The van der Waals surface area contributed by atoms with Crippen LogP contribution in [0.15, 0.2) is 30.5 Å². The molecular weight excluding hydrogens is 270 g/mol. The third kappa shape index (κ3) is 2.67. The van der Waals surface area contributed by atoms with E-state index >= 15 is 0 Å². The second-order valence-electron chi connectivity index (χ2n) is 5.60. The van der Waals surface area contributed by atoms with E-state index in [1.165, 1.54) is 0 Å². The second-order valence-corrected chi connectivity index (χ2v) is 5.60. The van der Waals surface area contributed by atoms with Crippen molar-refractivity contribution < 1.29 is 9.66 Å². The Morgan fingerprint density at radius 3 is 2.81 bits per heavy atom. The fourth-order valence-corrected chi connectivity index (χ4v) is 2.87. The molecule has 21 heavy (non-hydrogen) atoms. The van der Waals surface area contributed by atoms with E-state index in [-0.39, 0.29) is 17.0 Å². The van der Waals surface area contributed by atoms with Gasteiger partial charge in [0.05, 0.1) is 21.4 Å². The molecule has 1 fully saturated rings. The highest BCUT2D eigenvalue weighted by Gasteiger charge is 2.31. The van der Waals surface area contributed by atoms with Gasteiger partial charge in [-0.15, -0.1) is 0 Å². The van der Waals surface area contributed by atoms with E-state index in [2.05, 4.69) is 4.98 Å². The molecule has 0 bridgehead atoms. The lowest BCUT2D eigenvalue weighted by Gasteiger charge is -2.23. The van der Waals surface area contributed by atoms with Crippen LogP contribution in [0.5, 0.6) is 5.75 Å². The van der Waals surface area contributed by atoms with Crippen molar-refractivity contribution in [2.45, 2.75) is 31.2 Å². The highest BCUT2D eigenvalue weighted by atomic mass is 16.6. The molecule has 0 saturated heterocycles. The van der Waals surface area contributed by atoms with E-state index < -0.39 is 4.92 Å². The van der Waals surface area contributed by atoms with Crippen molar-refractivity contribution >= 4 is 16.6 Å². The highest BCUT2D eigenvalue weighted by molar-refractivity contribution is 5.90. The van der Waals surface area contributed by atoms with E-state index in [0.717, 1.165) is 25.7 Å². The van der Waals surface area contributed by atoms with Crippen LogP contribution in [0.2, 0.25) is 0 Å². The number of nitrogens with zero attached hydrogens (tertiary/aromatic N) is 2. The van der Waals surface area contributed by atoms with Crippen molar-refractivity contribution in [2.24, 2.45) is 5.73 Å². The molecule has 2 N–H and O–H groups in total. The molecule has 6 nitrogen and oxygen atoms in total. The van der Waals surface area contributed by atoms with E-state index in [4.69, 9.17) is 10.5 Å². The average molecular weight is 287 g/mol. The van der Waals surface area contributed by atoms with Crippen LogP contribution in [0.25, 0.3) is 10.9 Å². The summed E-state index contributed by atoms with van der Waals surface area (Å²) in [5.74, 6) is 0.261. The highest BCUT2D eigenvalue weighted by Crippen LogP contribution is 2.36. The number of hydrogen-bond acceptors (Lipinski definition) is 5. The number of hydrogen-bond donors (Lipinski definition) is 1. The number of nitro benzene ring substituents is 1. The Labute approximate surface area is 122 Å². The topological polar surface area (TPSA) is 91.3 Å². The molecule has 0 aliphatic heterocycles. The van der Waals surface area contributed by atoms with Crippen LogP contribution in [0.3, 0.4) is 0 Å². The zero-order chi connectivity index (χ0) is 14.9. The van der Waals surface area contributed by atoms with Gasteiger partial charge in [-0.25, -0.2) is 0 Å². The minimum Gasteiger partial charge on any atom is -0.485 e. The molecule has 0 atom stereocenters. The van der Waals surface area contributed by atoms with Crippen molar-refractivity contribution in [1.29, 1.82) is 0 Å². The van der Waals surface area contributed by atoms with Gasteiger partial charge in [0.2, 0.25) is 0 Å². The maximum Gasteiger partial charge on any atom is 0.320 e. The number of benzene rings is 1. The Kier molecular flexibility index (Phi) is 3.47. The predicted molar refractivity (Wildman–Crippen MR) is 79.3 cm³/mol. The van der Waals surface area contributed by atoms with Crippen molar-refractivity contribution in [3.8, 4) is 5.75 Å². The van der Waals surface area contributed by atoms with Gasteiger partial charge in [-0.3, -0.25) is 15.1 Å². The zero-order valence-electron chi connectivity index (χ0n) is 11.6. The Hall–Kier alpha value is -2.21. The summed E-state index contributed by atoms with van der Waals surface area (Å²) in [4.78, 5) is 15.1. The lowest BCUT2D eigenvalue weighted by atomic mass is 10.0. The fraction of sp³-hybridized carbons (Fsp3) is 0.400. The Morgan fingerprint density at radius 2 is 2.10 bits per heavy atom. The first-order valence-electron chi connectivity index (χ1n) is 7.03. The smallest absolute Gasteiger partial charge is 0.320 e. The lowest BCUT2D eigenvalue weighted by Crippen LogP contribution is -2.42. The zero-order valence-corrected chi connectivity index (χ0v) is 11.6. The van der Waals surface area contributed by atoms with Crippen LogP contribution in [0.1, 0.15) is 25.7 Å². The predicted octanol–water partition coefficient (Wildman–Crippen LogP) is 2.79. The third-order valence-corrected chi connectivity index (χ3v) is 4.02. The first-order chi connectivity index (χ1) is 10.1. The molecule has 2 aromatic rings. The summed E-state index contributed by atoms with van der Waals surface area (Å²) in [6.07, 6.45) is 5.58. The normalized spacial score (nSPS) is 17.0. The van der Waals surface area contributed by atoms with Gasteiger partial charge in [0, 0.05) is 6.20 Å². The molecule has 0 amide bonds. The first-order valence-corrected chi connectivity index (χ1v) is 7.03. The summed E-state index contributed by atoms with van der Waals surface area (Å²) in [5.41, 5.74) is 6.42. The van der Waals surface area contributed by atoms with Crippen LogP contribution >= 0.6 is 0 Å². The maximum absolute atomic E-state index is 11.4. The van der Waals surface area contributed by atoms with Crippen LogP contribution in [0, 0.1) is 10.1 Å². The molecule has 3 rings (SSSR count). The largest absolute Gasteiger partial charge is 0.485 e. The Bertz CT molecular complexity index is 681. The summed E-state index contributed by atoms with van der Waals surface area (Å²) >= 11 is 0. The van der Waals surface area contributed by atoms with Gasteiger partial charge in [0.15, 0.2) is 5.75 Å². The minimum absolute atomic E-state index is 0.0396. The summed E-state index contributed by atoms with van der Waals surface area (Å²) in [5, 5.41) is 11.9. The minimum atomic E-state index is -0.419. The van der Waals surface area contributed by atoms with Crippen LogP contribution in [0.4, 0.5) is 5.69 Å². The number of nitro groups is 1. The van der Waals surface area contributed by atoms with Crippen molar-refractivity contribution in [3.63, 3.8) is 0 Å². The molecule has 1 aromatic carbocycles. The van der Waals surface area contributed by atoms with Crippen LogP contribution in [-0.4, -0.2) is 22.1 Å². The fourth-order valence-electron chi connectivity index (χ4n) is 2.87. The van der Waals surface area contributed by atoms with Gasteiger partial charge >= 0.3 is 5.69 Å². The molecule has 0 spiro atoms. The molecule has 1 heterocycles. The molecule has 110 valence electrons.